The highest BCUT2D eigenvalue weighted by Gasteiger charge is 2.28. The molecular formula is C17H24N2O3. The van der Waals surface area contributed by atoms with Gasteiger partial charge in [-0.1, -0.05) is 44.2 Å². The van der Waals surface area contributed by atoms with Gasteiger partial charge in [0.1, 0.15) is 0 Å². The molecule has 0 aliphatic carbocycles. The van der Waals surface area contributed by atoms with E-state index in [9.17, 15) is 14.7 Å². The first kappa shape index (κ1) is 16.5. The summed E-state index contributed by atoms with van der Waals surface area (Å²) in [5, 5.41) is 13.0. The molecular weight excluding hydrogens is 280 g/mol. The van der Waals surface area contributed by atoms with Crippen LogP contribution in [0.25, 0.3) is 0 Å². The van der Waals surface area contributed by atoms with Crippen molar-refractivity contribution >= 4 is 11.8 Å². The maximum atomic E-state index is 12.0. The van der Waals surface area contributed by atoms with Crippen molar-refractivity contribution in [2.75, 3.05) is 13.1 Å². The Bertz CT molecular complexity index is 516. The Hall–Kier alpha value is -1.88. The molecule has 120 valence electrons. The van der Waals surface area contributed by atoms with Gasteiger partial charge in [-0.2, -0.15) is 0 Å². The van der Waals surface area contributed by atoms with Crippen LogP contribution in [-0.2, 0) is 9.59 Å². The largest absolute Gasteiger partial charge is 0.388 e. The Morgan fingerprint density at radius 3 is 2.64 bits per heavy atom. The van der Waals surface area contributed by atoms with Crippen LogP contribution in [-0.4, -0.2) is 41.0 Å². The summed E-state index contributed by atoms with van der Waals surface area (Å²) in [5.74, 6) is -0.0735. The summed E-state index contributed by atoms with van der Waals surface area (Å²) >= 11 is 0. The van der Waals surface area contributed by atoms with Gasteiger partial charge in [0, 0.05) is 25.0 Å². The van der Waals surface area contributed by atoms with Crippen LogP contribution in [0.5, 0.6) is 0 Å². The van der Waals surface area contributed by atoms with E-state index >= 15 is 0 Å². The minimum absolute atomic E-state index is 0.0156. The molecule has 2 amide bonds. The van der Waals surface area contributed by atoms with E-state index in [1.54, 1.807) is 17.0 Å². The third-order valence-corrected chi connectivity index (χ3v) is 3.92. The SMILES string of the molecule is CC(C)C(=O)N1CCC(NC(=O)CC(O)c2ccccc2)C1. The quantitative estimate of drug-likeness (QED) is 0.866. The molecule has 1 aromatic carbocycles. The number of hydrogen-bond donors (Lipinski definition) is 2. The first-order valence-electron chi connectivity index (χ1n) is 7.78. The fourth-order valence-electron chi connectivity index (χ4n) is 2.70. The van der Waals surface area contributed by atoms with Crippen LogP contribution >= 0.6 is 0 Å². The number of aliphatic hydroxyl groups is 1. The predicted molar refractivity (Wildman–Crippen MR) is 84.0 cm³/mol. The lowest BCUT2D eigenvalue weighted by Crippen LogP contribution is -2.39. The number of likely N-dealkylation sites (tertiary alicyclic amines) is 1. The average Bonchev–Trinajstić information content (AvgIpc) is 2.95. The molecule has 0 saturated carbocycles. The number of aliphatic hydroxyl groups excluding tert-OH is 1. The molecule has 1 aliphatic rings. The van der Waals surface area contributed by atoms with E-state index in [0.717, 1.165) is 12.0 Å². The van der Waals surface area contributed by atoms with Gasteiger partial charge in [-0.3, -0.25) is 9.59 Å². The molecule has 2 N–H and O–H groups in total. The van der Waals surface area contributed by atoms with Gasteiger partial charge in [-0.15, -0.1) is 0 Å². The molecule has 0 radical (unpaired) electrons. The van der Waals surface area contributed by atoms with Gasteiger partial charge in [-0.05, 0) is 12.0 Å². The highest BCUT2D eigenvalue weighted by Crippen LogP contribution is 2.17. The Morgan fingerprint density at radius 1 is 1.32 bits per heavy atom. The Kier molecular flexibility index (Phi) is 5.55. The molecule has 0 aromatic heterocycles. The van der Waals surface area contributed by atoms with Crippen LogP contribution in [0.2, 0.25) is 0 Å². The third kappa shape index (κ3) is 4.31. The number of carbonyl (C=O) groups is 2. The number of carbonyl (C=O) groups excluding carboxylic acids is 2. The smallest absolute Gasteiger partial charge is 0.225 e. The number of rotatable bonds is 5. The second-order valence-corrected chi connectivity index (χ2v) is 6.12. The van der Waals surface area contributed by atoms with Gasteiger partial charge in [0.05, 0.1) is 12.5 Å². The van der Waals surface area contributed by atoms with Crippen molar-refractivity contribution in [2.45, 2.75) is 38.8 Å². The molecule has 1 aromatic rings. The maximum absolute atomic E-state index is 12.0. The standard InChI is InChI=1S/C17H24N2O3/c1-12(2)17(22)19-9-8-14(11-19)18-16(21)10-15(20)13-6-4-3-5-7-13/h3-7,12,14-15,20H,8-11H2,1-2H3,(H,18,21). The number of benzene rings is 1. The van der Waals surface area contributed by atoms with Crippen molar-refractivity contribution in [3.05, 3.63) is 35.9 Å². The van der Waals surface area contributed by atoms with Crippen LogP contribution in [0, 0.1) is 5.92 Å². The lowest BCUT2D eigenvalue weighted by atomic mass is 10.1. The van der Waals surface area contributed by atoms with Gasteiger partial charge >= 0.3 is 0 Å². The first-order valence-corrected chi connectivity index (χ1v) is 7.78. The minimum Gasteiger partial charge on any atom is -0.388 e. The summed E-state index contributed by atoms with van der Waals surface area (Å²) in [4.78, 5) is 25.7. The van der Waals surface area contributed by atoms with E-state index in [-0.39, 0.29) is 30.2 Å². The van der Waals surface area contributed by atoms with Gasteiger partial charge in [0.2, 0.25) is 11.8 Å². The summed E-state index contributed by atoms with van der Waals surface area (Å²) in [7, 11) is 0. The molecule has 2 rings (SSSR count). The van der Waals surface area contributed by atoms with E-state index in [4.69, 9.17) is 0 Å². The van der Waals surface area contributed by atoms with Crippen LogP contribution in [0.15, 0.2) is 30.3 Å². The average molecular weight is 304 g/mol. The monoisotopic (exact) mass is 304 g/mol. The van der Waals surface area contributed by atoms with Crippen molar-refractivity contribution in [2.24, 2.45) is 5.92 Å². The molecule has 1 aliphatic heterocycles. The molecule has 1 heterocycles. The van der Waals surface area contributed by atoms with E-state index in [1.807, 2.05) is 32.0 Å². The second-order valence-electron chi connectivity index (χ2n) is 6.12. The maximum Gasteiger partial charge on any atom is 0.225 e. The second kappa shape index (κ2) is 7.40. The van der Waals surface area contributed by atoms with E-state index < -0.39 is 6.10 Å². The van der Waals surface area contributed by atoms with E-state index in [0.29, 0.717) is 13.1 Å². The molecule has 0 bridgehead atoms. The highest BCUT2D eigenvalue weighted by molar-refractivity contribution is 5.79. The van der Waals surface area contributed by atoms with Gasteiger partial charge in [-0.25, -0.2) is 0 Å². The molecule has 2 unspecified atom stereocenters. The van der Waals surface area contributed by atoms with Crippen molar-refractivity contribution < 1.29 is 14.7 Å². The number of nitrogens with one attached hydrogen (secondary N) is 1. The zero-order chi connectivity index (χ0) is 16.1. The van der Waals surface area contributed by atoms with E-state index in [2.05, 4.69) is 5.32 Å². The lowest BCUT2D eigenvalue weighted by Gasteiger charge is -2.19. The lowest BCUT2D eigenvalue weighted by molar-refractivity contribution is -0.133. The molecule has 0 spiro atoms. The number of amides is 2. The van der Waals surface area contributed by atoms with Gasteiger partial charge in [0.25, 0.3) is 0 Å². The zero-order valence-electron chi connectivity index (χ0n) is 13.2. The topological polar surface area (TPSA) is 69.6 Å². The van der Waals surface area contributed by atoms with E-state index in [1.165, 1.54) is 0 Å². The van der Waals surface area contributed by atoms with Crippen LogP contribution in [0.3, 0.4) is 0 Å². The molecule has 1 saturated heterocycles. The molecule has 5 nitrogen and oxygen atoms in total. The summed E-state index contributed by atoms with van der Waals surface area (Å²) < 4.78 is 0. The van der Waals surface area contributed by atoms with Gasteiger partial charge < -0.3 is 15.3 Å². The molecule has 22 heavy (non-hydrogen) atoms. The fraction of sp³-hybridized carbons (Fsp3) is 0.529. The Morgan fingerprint density at radius 2 is 2.00 bits per heavy atom. The third-order valence-electron chi connectivity index (χ3n) is 3.92. The molecule has 1 fully saturated rings. The summed E-state index contributed by atoms with van der Waals surface area (Å²) in [6.07, 6.45) is 0.0144. The van der Waals surface area contributed by atoms with Crippen LogP contribution in [0.1, 0.15) is 38.4 Å². The molecule has 2 atom stereocenters. The van der Waals surface area contributed by atoms with Gasteiger partial charge in [0.15, 0.2) is 0 Å². The van der Waals surface area contributed by atoms with Crippen LogP contribution in [0.4, 0.5) is 0 Å². The summed E-state index contributed by atoms with van der Waals surface area (Å²) in [5.41, 5.74) is 0.737. The summed E-state index contributed by atoms with van der Waals surface area (Å²) in [6, 6.07) is 9.13. The Balaban J connectivity index is 1.80. The van der Waals surface area contributed by atoms with Crippen molar-refractivity contribution in [3.63, 3.8) is 0 Å². The fourth-order valence-corrected chi connectivity index (χ4v) is 2.70. The van der Waals surface area contributed by atoms with Crippen molar-refractivity contribution in [3.8, 4) is 0 Å². The molecule has 5 heteroatoms. The van der Waals surface area contributed by atoms with Crippen molar-refractivity contribution in [1.82, 2.24) is 10.2 Å². The number of hydrogen-bond acceptors (Lipinski definition) is 3. The predicted octanol–water partition coefficient (Wildman–Crippen LogP) is 1.48. The first-order chi connectivity index (χ1) is 10.5. The normalized spacial score (nSPS) is 19.3. The zero-order valence-corrected chi connectivity index (χ0v) is 13.2. The van der Waals surface area contributed by atoms with Crippen LogP contribution < -0.4 is 5.32 Å². The minimum atomic E-state index is -0.795. The van der Waals surface area contributed by atoms with Crippen molar-refractivity contribution in [1.29, 1.82) is 0 Å². The highest BCUT2D eigenvalue weighted by atomic mass is 16.3. The summed E-state index contributed by atoms with van der Waals surface area (Å²) in [6.45, 7) is 5.00. The number of nitrogens with zero attached hydrogens (tertiary/aromatic N) is 1. The Labute approximate surface area is 131 Å².